The quantitative estimate of drug-likeness (QED) is 0.484. The summed E-state index contributed by atoms with van der Waals surface area (Å²) >= 11 is 5.67. The van der Waals surface area contributed by atoms with E-state index in [1.807, 2.05) is 0 Å². The van der Waals surface area contributed by atoms with E-state index >= 15 is 0 Å². The second-order valence-corrected chi connectivity index (χ2v) is 6.47. The smallest absolute Gasteiger partial charge is 0.277 e. The van der Waals surface area contributed by atoms with Crippen LogP contribution in [0.1, 0.15) is 18.3 Å². The molecule has 4 N–H and O–H groups in total. The molecule has 1 aromatic carbocycles. The zero-order valence-corrected chi connectivity index (χ0v) is 14.0. The average Bonchev–Trinajstić information content (AvgIpc) is 2.98. The van der Waals surface area contributed by atoms with Gasteiger partial charge in [0.2, 0.25) is 0 Å². The van der Waals surface area contributed by atoms with Crippen LogP contribution in [0.5, 0.6) is 0 Å². The van der Waals surface area contributed by atoms with Crippen LogP contribution in [0.3, 0.4) is 0 Å². The van der Waals surface area contributed by atoms with Crippen LogP contribution >= 0.6 is 11.6 Å². The number of hydrogen-bond acceptors (Lipinski definition) is 6. The first-order valence-electron chi connectivity index (χ1n) is 6.67. The number of amidine groups is 1. The van der Waals surface area contributed by atoms with Crippen LogP contribution in [0, 0.1) is 5.82 Å². The van der Waals surface area contributed by atoms with Crippen LogP contribution < -0.4 is 15.2 Å². The van der Waals surface area contributed by atoms with Crippen molar-refractivity contribution >= 4 is 33.3 Å². The fourth-order valence-electron chi connectivity index (χ4n) is 1.67. The minimum absolute atomic E-state index is 0.0645. The molecule has 0 radical (unpaired) electrons. The molecule has 0 saturated carbocycles. The Morgan fingerprint density at radius 1 is 1.42 bits per heavy atom. The van der Waals surface area contributed by atoms with Crippen molar-refractivity contribution in [2.24, 2.45) is 10.7 Å². The number of nitrogens with zero attached hydrogens (tertiary/aromatic N) is 3. The summed E-state index contributed by atoms with van der Waals surface area (Å²) in [7, 11) is -3.67. The third-order valence-electron chi connectivity index (χ3n) is 2.72. The Kier molecular flexibility index (Phi) is 5.83. The topological polar surface area (TPSA) is 136 Å². The van der Waals surface area contributed by atoms with Crippen LogP contribution in [-0.4, -0.2) is 31.1 Å². The molecule has 0 amide bonds. The van der Waals surface area contributed by atoms with Crippen molar-refractivity contribution in [2.75, 3.05) is 6.54 Å². The molecule has 0 aliphatic rings. The molecule has 1 heterocycles. The lowest BCUT2D eigenvalue weighted by Gasteiger charge is -2.05. The van der Waals surface area contributed by atoms with Crippen molar-refractivity contribution in [3.8, 4) is 0 Å². The van der Waals surface area contributed by atoms with E-state index in [2.05, 4.69) is 29.4 Å². The second-order valence-electron chi connectivity index (χ2n) is 4.48. The van der Waals surface area contributed by atoms with E-state index in [1.165, 1.54) is 12.1 Å². The van der Waals surface area contributed by atoms with Crippen molar-refractivity contribution in [3.63, 3.8) is 0 Å². The molecule has 0 unspecified atom stereocenters. The first kappa shape index (κ1) is 18.3. The highest BCUT2D eigenvalue weighted by atomic mass is 35.5. The molecule has 24 heavy (non-hydrogen) atoms. The highest BCUT2D eigenvalue weighted by Crippen LogP contribution is 2.22. The number of hydrogen-bond donors (Lipinski definition) is 3. The molecule has 2 aromatic rings. The molecular weight excluding hydrogens is 363 g/mol. The molecule has 9 nitrogen and oxygen atoms in total. The number of aliphatic imine (C=N–C) groups is 1. The second kappa shape index (κ2) is 7.66. The molecule has 0 fully saturated rings. The Morgan fingerprint density at radius 3 is 2.83 bits per heavy atom. The molecule has 130 valence electrons. The predicted molar refractivity (Wildman–Crippen MR) is 85.5 cm³/mol. The summed E-state index contributed by atoms with van der Waals surface area (Å²) in [6.45, 7) is 1.67. The zero-order chi connectivity index (χ0) is 17.7. The summed E-state index contributed by atoms with van der Waals surface area (Å²) in [4.78, 5) is 4.03. The summed E-state index contributed by atoms with van der Waals surface area (Å²) in [6.07, 6.45) is 0. The van der Waals surface area contributed by atoms with Crippen molar-refractivity contribution in [1.29, 1.82) is 0 Å². The van der Waals surface area contributed by atoms with Gasteiger partial charge in [-0.2, -0.15) is 13.1 Å². The highest BCUT2D eigenvalue weighted by molar-refractivity contribution is 7.87. The standard InChI is InChI=1S/C12H14ClFN6O3S/c1-2-16-24(21,22)17-6-10-11(20-23-19-10)12(15)18-7-3-4-9(14)8(13)5-7/h3-5,16-17H,2,6H2,1H3,(H2,15,18). The van der Waals surface area contributed by atoms with Crippen LogP contribution in [0.25, 0.3) is 0 Å². The Bertz CT molecular complexity index is 854. The van der Waals surface area contributed by atoms with E-state index in [1.54, 1.807) is 6.92 Å². The number of benzene rings is 1. The highest BCUT2D eigenvalue weighted by Gasteiger charge is 2.17. The minimum Gasteiger partial charge on any atom is -0.382 e. The van der Waals surface area contributed by atoms with Gasteiger partial charge < -0.3 is 5.73 Å². The number of halogens is 2. The van der Waals surface area contributed by atoms with Gasteiger partial charge in [-0.3, -0.25) is 0 Å². The SMILES string of the molecule is CCNS(=O)(=O)NCc1nonc1C(N)=Nc1ccc(F)c(Cl)c1. The monoisotopic (exact) mass is 376 g/mol. The van der Waals surface area contributed by atoms with Gasteiger partial charge in [0, 0.05) is 6.54 Å². The normalized spacial score (nSPS) is 12.5. The summed E-state index contributed by atoms with van der Waals surface area (Å²) in [6, 6.07) is 3.79. The average molecular weight is 377 g/mol. The lowest BCUT2D eigenvalue weighted by Crippen LogP contribution is -2.36. The Labute approximate surface area is 142 Å². The minimum atomic E-state index is -3.67. The molecule has 0 bridgehead atoms. The van der Waals surface area contributed by atoms with Crippen LogP contribution in [0.15, 0.2) is 27.8 Å². The van der Waals surface area contributed by atoms with Gasteiger partial charge in [-0.05, 0) is 23.4 Å². The van der Waals surface area contributed by atoms with Gasteiger partial charge in [0.25, 0.3) is 10.2 Å². The number of nitrogens with two attached hydrogens (primary N) is 1. The molecule has 0 aliphatic heterocycles. The maximum Gasteiger partial charge on any atom is 0.277 e. The van der Waals surface area contributed by atoms with E-state index in [-0.39, 0.29) is 35.3 Å². The molecule has 2 rings (SSSR count). The van der Waals surface area contributed by atoms with Crippen LogP contribution in [0.2, 0.25) is 5.02 Å². The van der Waals surface area contributed by atoms with Crippen molar-refractivity contribution in [2.45, 2.75) is 13.5 Å². The first-order chi connectivity index (χ1) is 11.3. The van der Waals surface area contributed by atoms with Crippen LogP contribution in [0.4, 0.5) is 10.1 Å². The Morgan fingerprint density at radius 2 is 2.17 bits per heavy atom. The van der Waals surface area contributed by atoms with Gasteiger partial charge >= 0.3 is 0 Å². The van der Waals surface area contributed by atoms with Gasteiger partial charge in [0.15, 0.2) is 11.5 Å². The molecule has 0 spiro atoms. The molecule has 0 aliphatic carbocycles. The maximum absolute atomic E-state index is 13.1. The Balaban J connectivity index is 2.19. The zero-order valence-electron chi connectivity index (χ0n) is 12.5. The lowest BCUT2D eigenvalue weighted by molar-refractivity contribution is 0.302. The molecular formula is C12H14ClFN6O3S. The molecule has 1 aromatic heterocycles. The maximum atomic E-state index is 13.1. The number of rotatable bonds is 7. The van der Waals surface area contributed by atoms with E-state index in [0.717, 1.165) is 6.07 Å². The van der Waals surface area contributed by atoms with Crippen molar-refractivity contribution in [3.05, 3.63) is 40.4 Å². The fourth-order valence-corrected chi connectivity index (χ4v) is 2.65. The lowest BCUT2D eigenvalue weighted by atomic mass is 10.3. The third-order valence-corrected chi connectivity index (χ3v) is 4.20. The summed E-state index contributed by atoms with van der Waals surface area (Å²) in [5.41, 5.74) is 6.32. The molecule has 0 atom stereocenters. The fraction of sp³-hybridized carbons (Fsp3) is 0.250. The van der Waals surface area contributed by atoms with Crippen molar-refractivity contribution < 1.29 is 17.4 Å². The summed E-state index contributed by atoms with van der Waals surface area (Å²) in [5, 5.41) is 7.07. The van der Waals surface area contributed by atoms with Gasteiger partial charge in [-0.15, -0.1) is 0 Å². The van der Waals surface area contributed by atoms with Crippen molar-refractivity contribution in [1.82, 2.24) is 19.8 Å². The Hall–Kier alpha value is -2.08. The van der Waals surface area contributed by atoms with Gasteiger partial charge in [0.1, 0.15) is 11.5 Å². The van der Waals surface area contributed by atoms with E-state index < -0.39 is 16.0 Å². The number of nitrogens with one attached hydrogen (secondary N) is 2. The largest absolute Gasteiger partial charge is 0.382 e. The van der Waals surface area contributed by atoms with Gasteiger partial charge in [-0.25, -0.2) is 18.7 Å². The third kappa shape index (κ3) is 4.71. The van der Waals surface area contributed by atoms with Gasteiger partial charge in [-0.1, -0.05) is 23.7 Å². The predicted octanol–water partition coefficient (Wildman–Crippen LogP) is 0.843. The summed E-state index contributed by atoms with van der Waals surface area (Å²) < 4.78 is 45.3. The first-order valence-corrected chi connectivity index (χ1v) is 8.53. The van der Waals surface area contributed by atoms with Crippen LogP contribution in [-0.2, 0) is 16.8 Å². The molecule has 0 saturated heterocycles. The summed E-state index contributed by atoms with van der Waals surface area (Å²) in [5.74, 6) is -0.674. The van der Waals surface area contributed by atoms with Gasteiger partial charge in [0.05, 0.1) is 17.3 Å². The van der Waals surface area contributed by atoms with E-state index in [4.69, 9.17) is 17.3 Å². The van der Waals surface area contributed by atoms with E-state index in [9.17, 15) is 12.8 Å². The van der Waals surface area contributed by atoms with E-state index in [0.29, 0.717) is 5.69 Å². The number of aromatic nitrogens is 2. The molecule has 12 heteroatoms.